The number of thioether (sulfide) groups is 1. The molecule has 1 aromatic heterocycles. The zero-order chi connectivity index (χ0) is 14.4. The number of carbonyl (C=O) groups is 1. The molecule has 0 saturated carbocycles. The third-order valence-corrected chi connectivity index (χ3v) is 3.82. The van der Waals surface area contributed by atoms with E-state index >= 15 is 0 Å². The second kappa shape index (κ2) is 6.96. The van der Waals surface area contributed by atoms with Crippen molar-refractivity contribution in [3.63, 3.8) is 0 Å². The van der Waals surface area contributed by atoms with Crippen LogP contribution in [0.2, 0.25) is 0 Å². The van der Waals surface area contributed by atoms with Crippen molar-refractivity contribution in [1.82, 2.24) is 4.98 Å². The summed E-state index contributed by atoms with van der Waals surface area (Å²) in [6.07, 6.45) is 1.59. The van der Waals surface area contributed by atoms with Gasteiger partial charge in [0, 0.05) is 16.8 Å². The van der Waals surface area contributed by atoms with Crippen LogP contribution < -0.4 is 4.74 Å². The van der Waals surface area contributed by atoms with Crippen LogP contribution in [-0.2, 0) is 10.5 Å². The number of rotatable bonds is 5. The molecule has 1 heterocycles. The Kier molecular flexibility index (Phi) is 5.01. The summed E-state index contributed by atoms with van der Waals surface area (Å²) >= 11 is 1.55. The first-order chi connectivity index (χ1) is 9.74. The van der Waals surface area contributed by atoms with Gasteiger partial charge in [0.15, 0.2) is 5.69 Å². The monoisotopic (exact) mass is 289 g/mol. The molecule has 5 heteroatoms. The molecule has 20 heavy (non-hydrogen) atoms. The quantitative estimate of drug-likeness (QED) is 0.625. The summed E-state index contributed by atoms with van der Waals surface area (Å²) in [5.74, 6) is 1.16. The zero-order valence-electron chi connectivity index (χ0n) is 11.3. The molecule has 104 valence electrons. The highest BCUT2D eigenvalue weighted by Crippen LogP contribution is 2.26. The molecule has 4 nitrogen and oxygen atoms in total. The second-order valence-electron chi connectivity index (χ2n) is 3.98. The number of aromatic nitrogens is 1. The Morgan fingerprint density at radius 3 is 2.60 bits per heavy atom. The van der Waals surface area contributed by atoms with Crippen LogP contribution in [0.1, 0.15) is 16.1 Å². The molecule has 2 aromatic rings. The normalized spacial score (nSPS) is 10.1. The fraction of sp³-hybridized carbons (Fsp3) is 0.200. The third-order valence-electron chi connectivity index (χ3n) is 2.70. The van der Waals surface area contributed by atoms with Gasteiger partial charge in [0.25, 0.3) is 0 Å². The van der Waals surface area contributed by atoms with Gasteiger partial charge in [0.1, 0.15) is 5.75 Å². The first-order valence-corrected chi connectivity index (χ1v) is 7.02. The van der Waals surface area contributed by atoms with Gasteiger partial charge in [-0.2, -0.15) is 0 Å². The van der Waals surface area contributed by atoms with E-state index in [9.17, 15) is 4.79 Å². The molecular formula is C15H15NO3S. The number of hydrogen-bond acceptors (Lipinski definition) is 5. The number of pyridine rings is 1. The summed E-state index contributed by atoms with van der Waals surface area (Å²) < 4.78 is 9.85. The fourth-order valence-corrected chi connectivity index (χ4v) is 2.60. The number of esters is 1. The van der Waals surface area contributed by atoms with E-state index in [1.807, 2.05) is 36.4 Å². The first kappa shape index (κ1) is 14.4. The van der Waals surface area contributed by atoms with Crippen molar-refractivity contribution in [3.05, 3.63) is 53.9 Å². The van der Waals surface area contributed by atoms with E-state index in [2.05, 4.69) is 4.98 Å². The van der Waals surface area contributed by atoms with Crippen LogP contribution in [-0.4, -0.2) is 25.2 Å². The van der Waals surface area contributed by atoms with Gasteiger partial charge in [-0.15, -0.1) is 11.8 Å². The Morgan fingerprint density at radius 2 is 1.95 bits per heavy atom. The van der Waals surface area contributed by atoms with Gasteiger partial charge >= 0.3 is 5.97 Å². The number of hydrogen-bond donors (Lipinski definition) is 0. The van der Waals surface area contributed by atoms with Crippen molar-refractivity contribution >= 4 is 17.7 Å². The van der Waals surface area contributed by atoms with Crippen LogP contribution in [0.5, 0.6) is 5.75 Å². The van der Waals surface area contributed by atoms with Gasteiger partial charge in [0.2, 0.25) is 0 Å². The maximum Gasteiger partial charge on any atom is 0.357 e. The molecule has 0 saturated heterocycles. The molecular weight excluding hydrogens is 274 g/mol. The highest BCUT2D eigenvalue weighted by Gasteiger charge is 2.13. The number of ether oxygens (including phenoxy) is 2. The minimum absolute atomic E-state index is 0.355. The van der Waals surface area contributed by atoms with E-state index in [1.54, 1.807) is 25.1 Å². The summed E-state index contributed by atoms with van der Waals surface area (Å²) in [6, 6.07) is 11.5. The second-order valence-corrected chi connectivity index (χ2v) is 5.00. The lowest BCUT2D eigenvalue weighted by Gasteiger charge is -2.07. The van der Waals surface area contributed by atoms with E-state index in [0.717, 1.165) is 22.0 Å². The molecule has 0 radical (unpaired) electrons. The zero-order valence-corrected chi connectivity index (χ0v) is 12.1. The largest absolute Gasteiger partial charge is 0.497 e. The molecule has 0 unspecified atom stereocenters. The Labute approximate surface area is 122 Å². The first-order valence-electron chi connectivity index (χ1n) is 6.03. The molecule has 0 aliphatic carbocycles. The third kappa shape index (κ3) is 3.51. The molecule has 0 aliphatic rings. The van der Waals surface area contributed by atoms with Crippen molar-refractivity contribution in [2.24, 2.45) is 0 Å². The highest BCUT2D eigenvalue weighted by atomic mass is 32.2. The molecule has 0 atom stereocenters. The molecule has 2 rings (SSSR count). The number of benzene rings is 1. The maximum absolute atomic E-state index is 11.6. The van der Waals surface area contributed by atoms with E-state index in [4.69, 9.17) is 9.47 Å². The van der Waals surface area contributed by atoms with Crippen molar-refractivity contribution < 1.29 is 14.3 Å². The average Bonchev–Trinajstić information content (AvgIpc) is 2.53. The molecule has 0 amide bonds. The van der Waals surface area contributed by atoms with E-state index < -0.39 is 5.97 Å². The summed E-state index contributed by atoms with van der Waals surface area (Å²) in [6.45, 7) is 0. The van der Waals surface area contributed by atoms with Crippen LogP contribution in [0.4, 0.5) is 0 Å². The molecule has 0 aliphatic heterocycles. The SMILES string of the molecule is COC(=O)c1ncccc1SCc1ccc(OC)cc1. The van der Waals surface area contributed by atoms with Gasteiger partial charge < -0.3 is 9.47 Å². The van der Waals surface area contributed by atoms with Crippen molar-refractivity contribution in [2.75, 3.05) is 14.2 Å². The lowest BCUT2D eigenvalue weighted by Crippen LogP contribution is -2.05. The number of nitrogens with zero attached hydrogens (tertiary/aromatic N) is 1. The van der Waals surface area contributed by atoms with Crippen molar-refractivity contribution in [1.29, 1.82) is 0 Å². The standard InChI is InChI=1S/C15H15NO3S/c1-18-12-7-5-11(6-8-12)10-20-13-4-3-9-16-14(13)15(17)19-2/h3-9H,10H2,1-2H3. The smallest absolute Gasteiger partial charge is 0.357 e. The van der Waals surface area contributed by atoms with Crippen molar-refractivity contribution in [3.8, 4) is 5.75 Å². The van der Waals surface area contributed by atoms with Crippen LogP contribution in [0.25, 0.3) is 0 Å². The Morgan fingerprint density at radius 1 is 1.20 bits per heavy atom. The Hall–Kier alpha value is -2.01. The minimum Gasteiger partial charge on any atom is -0.497 e. The predicted molar refractivity (Wildman–Crippen MR) is 78.1 cm³/mol. The van der Waals surface area contributed by atoms with E-state index in [0.29, 0.717) is 5.69 Å². The summed E-state index contributed by atoms with van der Waals surface area (Å²) in [4.78, 5) is 16.5. The molecule has 1 aromatic carbocycles. The maximum atomic E-state index is 11.6. The van der Waals surface area contributed by atoms with Crippen LogP contribution in [0.15, 0.2) is 47.5 Å². The van der Waals surface area contributed by atoms with Gasteiger partial charge in [-0.25, -0.2) is 9.78 Å². The molecule has 0 spiro atoms. The number of carbonyl (C=O) groups excluding carboxylic acids is 1. The Balaban J connectivity index is 2.08. The number of methoxy groups -OCH3 is 2. The highest BCUT2D eigenvalue weighted by molar-refractivity contribution is 7.98. The molecule has 0 bridgehead atoms. The van der Waals surface area contributed by atoms with Crippen molar-refractivity contribution in [2.45, 2.75) is 10.6 Å². The summed E-state index contributed by atoms with van der Waals surface area (Å²) in [5, 5.41) is 0. The molecule has 0 N–H and O–H groups in total. The lowest BCUT2D eigenvalue weighted by atomic mass is 10.2. The lowest BCUT2D eigenvalue weighted by molar-refractivity contribution is 0.0589. The average molecular weight is 289 g/mol. The van der Waals surface area contributed by atoms with Gasteiger partial charge in [-0.3, -0.25) is 0 Å². The van der Waals surface area contributed by atoms with Gasteiger partial charge in [-0.1, -0.05) is 12.1 Å². The Bertz CT molecular complexity index is 584. The van der Waals surface area contributed by atoms with Gasteiger partial charge in [0.05, 0.1) is 14.2 Å². The summed E-state index contributed by atoms with van der Waals surface area (Å²) in [7, 11) is 3.00. The van der Waals surface area contributed by atoms with Crippen LogP contribution in [0.3, 0.4) is 0 Å². The van der Waals surface area contributed by atoms with Gasteiger partial charge in [-0.05, 0) is 29.8 Å². The van der Waals surface area contributed by atoms with Crippen LogP contribution in [0, 0.1) is 0 Å². The fourth-order valence-electron chi connectivity index (χ4n) is 1.64. The minimum atomic E-state index is -0.414. The molecule has 0 fully saturated rings. The van der Waals surface area contributed by atoms with E-state index in [-0.39, 0.29) is 0 Å². The summed E-state index contributed by atoms with van der Waals surface area (Å²) in [5.41, 5.74) is 1.50. The predicted octanol–water partition coefficient (Wildman–Crippen LogP) is 3.17. The van der Waals surface area contributed by atoms with Crippen LogP contribution >= 0.6 is 11.8 Å². The van der Waals surface area contributed by atoms with E-state index in [1.165, 1.54) is 7.11 Å². The topological polar surface area (TPSA) is 48.4 Å².